The van der Waals surface area contributed by atoms with Crippen LogP contribution < -0.4 is 18.9 Å². The normalized spacial score (nSPS) is 28.5. The summed E-state index contributed by atoms with van der Waals surface area (Å²) < 4.78 is 85.8. The molecule has 7 atom stereocenters. The number of sulfonamides is 1. The van der Waals surface area contributed by atoms with Gasteiger partial charge in [0.1, 0.15) is 17.6 Å². The number of carbonyl (C=O) groups excluding carboxylic acids is 4. The first-order valence-corrected chi connectivity index (χ1v) is 23.0. The highest BCUT2D eigenvalue weighted by molar-refractivity contribution is 7.91. The number of esters is 1. The van der Waals surface area contributed by atoms with Crippen LogP contribution >= 0.6 is 0 Å². The van der Waals surface area contributed by atoms with E-state index in [9.17, 15) is 31.6 Å². The van der Waals surface area contributed by atoms with Gasteiger partial charge in [0.05, 0.1) is 55.0 Å². The Morgan fingerprint density at radius 3 is 2.45 bits per heavy atom. The highest BCUT2D eigenvalue weighted by Gasteiger charge is 2.63. The van der Waals surface area contributed by atoms with Gasteiger partial charge >= 0.3 is 5.97 Å². The molecule has 0 bridgehead atoms. The lowest BCUT2D eigenvalue weighted by molar-refractivity contribution is -0.197. The third-order valence-corrected chi connectivity index (χ3v) is 15.6. The lowest BCUT2D eigenvalue weighted by Gasteiger charge is -2.35. The van der Waals surface area contributed by atoms with E-state index in [4.69, 9.17) is 23.7 Å². The Labute approximate surface area is 362 Å². The Balaban J connectivity index is 1.39. The molecule has 2 aliphatic heterocycles. The summed E-state index contributed by atoms with van der Waals surface area (Å²) in [5.41, 5.74) is -3.57. The number of aromatic nitrogens is 1. The average molecular weight is 890 g/mol. The Morgan fingerprint density at radius 2 is 1.81 bits per heavy atom. The van der Waals surface area contributed by atoms with Crippen molar-refractivity contribution in [2.24, 2.45) is 29.1 Å². The van der Waals surface area contributed by atoms with Gasteiger partial charge in [-0.1, -0.05) is 19.1 Å². The van der Waals surface area contributed by atoms with E-state index >= 15 is 4.79 Å². The summed E-state index contributed by atoms with van der Waals surface area (Å²) >= 11 is 0. The lowest BCUT2D eigenvalue weighted by Crippen LogP contribution is -2.49. The fourth-order valence-corrected chi connectivity index (χ4v) is 10.0. The first-order valence-electron chi connectivity index (χ1n) is 21.5. The van der Waals surface area contributed by atoms with Crippen LogP contribution in [-0.4, -0.2) is 104 Å². The third kappa shape index (κ3) is 9.88. The molecule has 14 nitrogen and oxygen atoms in total. The van der Waals surface area contributed by atoms with Gasteiger partial charge in [-0.3, -0.25) is 23.9 Å². The molecule has 0 spiro atoms. The number of rotatable bonds is 14. The minimum atomic E-state index is -4.03. The maximum Gasteiger partial charge on any atom is 0.307 e. The number of carbonyl (C=O) groups is 4. The highest BCUT2D eigenvalue weighted by Crippen LogP contribution is 2.58. The van der Waals surface area contributed by atoms with Crippen LogP contribution in [0.25, 0.3) is 10.8 Å². The van der Waals surface area contributed by atoms with Gasteiger partial charge in [0.25, 0.3) is 5.92 Å². The Kier molecular flexibility index (Phi) is 13.7. The molecule has 1 aromatic heterocycles. The summed E-state index contributed by atoms with van der Waals surface area (Å²) in [6.07, 6.45) is 6.28. The predicted octanol–water partition coefficient (Wildman–Crippen LogP) is 6.58. The summed E-state index contributed by atoms with van der Waals surface area (Å²) in [6, 6.07) is 4.12. The number of amides is 2. The number of halogens is 2. The zero-order valence-corrected chi connectivity index (χ0v) is 37.8. The number of ether oxygens (including phenoxy) is 5. The molecule has 3 fully saturated rings. The first kappa shape index (κ1) is 47.1. The maximum atomic E-state index is 15.2. The number of alkyl halides is 2. The molecule has 342 valence electrons. The van der Waals surface area contributed by atoms with Gasteiger partial charge in [0.15, 0.2) is 11.4 Å². The van der Waals surface area contributed by atoms with Crippen molar-refractivity contribution in [2.45, 2.75) is 128 Å². The van der Waals surface area contributed by atoms with E-state index in [1.54, 1.807) is 32.2 Å². The smallest absolute Gasteiger partial charge is 0.307 e. The summed E-state index contributed by atoms with van der Waals surface area (Å²) in [5, 5.41) is 1.24. The van der Waals surface area contributed by atoms with E-state index in [1.807, 2.05) is 26.0 Å². The van der Waals surface area contributed by atoms with E-state index in [1.165, 1.54) is 18.2 Å². The number of allylic oxidation sites excluding steroid dienone is 2. The van der Waals surface area contributed by atoms with E-state index in [0.717, 1.165) is 13.8 Å². The molecular formula is C45H61F2N3O11S. The molecule has 0 radical (unpaired) electrons. The molecule has 62 heavy (non-hydrogen) atoms. The summed E-state index contributed by atoms with van der Waals surface area (Å²) in [6.45, 7) is 8.57. The second-order valence-corrected chi connectivity index (χ2v) is 20.7. The van der Waals surface area contributed by atoms with Crippen molar-refractivity contribution >= 4 is 44.4 Å². The second kappa shape index (κ2) is 18.0. The molecule has 4 aliphatic rings. The number of fused-ring (bicyclic) bond motifs is 3. The van der Waals surface area contributed by atoms with Crippen LogP contribution in [0.5, 0.6) is 17.4 Å². The molecule has 2 amide bonds. The molecule has 2 aliphatic carbocycles. The third-order valence-electron chi connectivity index (χ3n) is 13.4. The fraction of sp³-hybridized carbons (Fsp3) is 0.667. The zero-order valence-electron chi connectivity index (χ0n) is 37.0. The van der Waals surface area contributed by atoms with Gasteiger partial charge < -0.3 is 28.6 Å². The van der Waals surface area contributed by atoms with Crippen molar-refractivity contribution in [1.82, 2.24) is 14.6 Å². The minimum Gasteiger partial charge on any atom is -0.497 e. The Morgan fingerprint density at radius 1 is 1.08 bits per heavy atom. The van der Waals surface area contributed by atoms with Crippen molar-refractivity contribution in [3.63, 3.8) is 0 Å². The fourth-order valence-electron chi connectivity index (χ4n) is 8.70. The van der Waals surface area contributed by atoms with Crippen molar-refractivity contribution in [3.05, 3.63) is 36.5 Å². The molecule has 3 heterocycles. The van der Waals surface area contributed by atoms with Crippen LogP contribution in [0.15, 0.2) is 36.5 Å². The number of hydrogen-bond donors (Lipinski definition) is 1. The quantitative estimate of drug-likeness (QED) is 0.160. The number of nitrogens with zero attached hydrogens (tertiary/aromatic N) is 2. The number of hydrogen-bond acceptors (Lipinski definition) is 12. The number of ketones is 1. The van der Waals surface area contributed by atoms with Crippen molar-refractivity contribution in [1.29, 1.82) is 0 Å². The van der Waals surface area contributed by atoms with Gasteiger partial charge in [0, 0.05) is 44.3 Å². The van der Waals surface area contributed by atoms with E-state index in [-0.39, 0.29) is 44.2 Å². The SMILES string of the molecule is CCOc1cnc(O[C@@H]2C[C@H]3C(=O)C[C@]4(C(=O)NS(=O)(=O)C5(C)CC5)C[C@H]4/C=C\CC[C@@H](C)C[C@@H](COC)[C@H](CC(=O)OC(C)(C)C(C)(F)F)C(=O)N3C2)c2ccc(OC)cc12. The average Bonchev–Trinajstić information content (AvgIpc) is 4.08. The van der Waals surface area contributed by atoms with Crippen LogP contribution in [0.4, 0.5) is 8.78 Å². The number of Topliss-reactive ketones (excluding diaryl/α,β-unsaturated/α-hetero) is 1. The van der Waals surface area contributed by atoms with Crippen LogP contribution in [0, 0.1) is 29.1 Å². The Hall–Kier alpha value is -4.38. The van der Waals surface area contributed by atoms with Gasteiger partial charge in [-0.05, 0) is 102 Å². The number of pyridine rings is 1. The van der Waals surface area contributed by atoms with Gasteiger partial charge in [-0.2, -0.15) is 0 Å². The van der Waals surface area contributed by atoms with Crippen molar-refractivity contribution < 1.29 is 60.1 Å². The van der Waals surface area contributed by atoms with Gasteiger partial charge in [0.2, 0.25) is 27.7 Å². The van der Waals surface area contributed by atoms with Gasteiger partial charge in [-0.15, -0.1) is 0 Å². The summed E-state index contributed by atoms with van der Waals surface area (Å²) in [4.78, 5) is 63.7. The topological polar surface area (TPSA) is 177 Å². The molecular weight excluding hydrogens is 829 g/mol. The van der Waals surface area contributed by atoms with Crippen LogP contribution in [0.2, 0.25) is 0 Å². The summed E-state index contributed by atoms with van der Waals surface area (Å²) in [5.74, 6) is -7.17. The minimum absolute atomic E-state index is 0.00548. The van der Waals surface area contributed by atoms with Crippen LogP contribution in [0.1, 0.15) is 99.3 Å². The molecule has 1 saturated heterocycles. The number of benzene rings is 1. The van der Waals surface area contributed by atoms with Gasteiger partial charge in [-0.25, -0.2) is 22.2 Å². The monoisotopic (exact) mass is 889 g/mol. The second-order valence-electron chi connectivity index (χ2n) is 18.5. The van der Waals surface area contributed by atoms with E-state index in [2.05, 4.69) is 9.71 Å². The number of nitrogens with one attached hydrogen (secondary N) is 1. The van der Waals surface area contributed by atoms with Crippen LogP contribution in [-0.2, 0) is 38.7 Å². The molecule has 2 aromatic rings. The van der Waals surface area contributed by atoms with E-state index in [0.29, 0.717) is 67.9 Å². The maximum absolute atomic E-state index is 15.2. The standard InChI is InChI=1S/C45H61F2N3O11S/c1-9-59-37-24-48-39(32-15-14-30(58-8)19-34(32)37)60-31-20-35-36(51)23-45(41(54)49-62(55,56)43(5)16-17-43)22-29(45)13-11-10-12-27(2)18-28(26-57-7)33(40(53)50(35)25-31)21-38(52)61-42(3,4)44(6,46)47/h11,13-15,19,24,27-29,31,33,35H,9-10,12,16-18,20-23,25-26H2,1-8H3,(H,49,54)/b13-11-/t27-,28+,29-,31-,33+,35+,45-/m1/s1. The molecule has 0 unspecified atom stereocenters. The lowest BCUT2D eigenvalue weighted by atomic mass is 9.81. The Bertz CT molecular complexity index is 2170. The number of methoxy groups -OCH3 is 2. The van der Waals surface area contributed by atoms with Crippen molar-refractivity contribution in [2.75, 3.05) is 34.0 Å². The molecule has 2 saturated carbocycles. The first-order chi connectivity index (χ1) is 29.1. The molecule has 1 N–H and O–H groups in total. The van der Waals surface area contributed by atoms with Crippen molar-refractivity contribution in [3.8, 4) is 17.4 Å². The summed E-state index contributed by atoms with van der Waals surface area (Å²) in [7, 11) is -1.02. The predicted molar refractivity (Wildman–Crippen MR) is 225 cm³/mol. The van der Waals surface area contributed by atoms with E-state index < -0.39 is 91.6 Å². The van der Waals surface area contributed by atoms with Crippen LogP contribution in [0.3, 0.4) is 0 Å². The molecule has 17 heteroatoms. The zero-order chi connectivity index (χ0) is 45.4. The largest absolute Gasteiger partial charge is 0.497 e. The molecule has 6 rings (SSSR count). The molecule has 1 aromatic carbocycles. The highest BCUT2D eigenvalue weighted by atomic mass is 32.2.